The van der Waals surface area contributed by atoms with Gasteiger partial charge < -0.3 is 10.2 Å². The number of nitrogens with zero attached hydrogens (tertiary/aromatic N) is 1. The molecule has 1 saturated heterocycles. The molecule has 1 aromatic rings. The van der Waals surface area contributed by atoms with Crippen molar-refractivity contribution in [3.8, 4) is 0 Å². The molecule has 0 aromatic heterocycles. The van der Waals surface area contributed by atoms with Gasteiger partial charge in [0.1, 0.15) is 0 Å². The fourth-order valence-electron chi connectivity index (χ4n) is 2.09. The van der Waals surface area contributed by atoms with Gasteiger partial charge in [-0.2, -0.15) is 0 Å². The van der Waals surface area contributed by atoms with Crippen molar-refractivity contribution in [2.75, 3.05) is 18.0 Å². The van der Waals surface area contributed by atoms with Crippen molar-refractivity contribution in [1.82, 2.24) is 5.32 Å². The van der Waals surface area contributed by atoms with E-state index in [0.29, 0.717) is 11.0 Å². The summed E-state index contributed by atoms with van der Waals surface area (Å²) in [4.78, 5) is 1.93. The number of rotatable bonds is 1. The second kappa shape index (κ2) is 5.26. The van der Waals surface area contributed by atoms with Gasteiger partial charge in [-0.05, 0) is 48.9 Å². The SMILES string of the molecule is CC(C)(C)c1cc(Cl)c(Br)c(N2CCNC2=N)c1Br. The van der Waals surface area contributed by atoms with Crippen LogP contribution in [0.3, 0.4) is 0 Å². The third kappa shape index (κ3) is 2.78. The summed E-state index contributed by atoms with van der Waals surface area (Å²) in [7, 11) is 0. The van der Waals surface area contributed by atoms with Crippen LogP contribution in [-0.4, -0.2) is 19.0 Å². The quantitative estimate of drug-likeness (QED) is 0.670. The van der Waals surface area contributed by atoms with E-state index in [4.69, 9.17) is 17.0 Å². The normalized spacial score (nSPS) is 15.9. The highest BCUT2D eigenvalue weighted by Gasteiger charge is 2.28. The van der Waals surface area contributed by atoms with Crippen LogP contribution in [0.1, 0.15) is 26.3 Å². The second-order valence-corrected chi connectivity index (χ2v) is 7.55. The van der Waals surface area contributed by atoms with E-state index in [1.54, 1.807) is 0 Å². The van der Waals surface area contributed by atoms with Gasteiger partial charge in [0, 0.05) is 17.6 Å². The zero-order valence-electron chi connectivity index (χ0n) is 11.1. The fraction of sp³-hybridized carbons (Fsp3) is 0.462. The predicted octanol–water partition coefficient (Wildman–Crippen LogP) is 4.51. The van der Waals surface area contributed by atoms with Gasteiger partial charge in [-0.1, -0.05) is 32.4 Å². The first-order valence-electron chi connectivity index (χ1n) is 6.01. The highest BCUT2D eigenvalue weighted by atomic mass is 79.9. The van der Waals surface area contributed by atoms with Crippen molar-refractivity contribution in [2.45, 2.75) is 26.2 Å². The Balaban J connectivity index is 2.66. The summed E-state index contributed by atoms with van der Waals surface area (Å²) in [6, 6.07) is 1.98. The molecule has 2 N–H and O–H groups in total. The van der Waals surface area contributed by atoms with Gasteiger partial charge >= 0.3 is 0 Å². The molecule has 19 heavy (non-hydrogen) atoms. The van der Waals surface area contributed by atoms with Crippen LogP contribution >= 0.6 is 43.5 Å². The number of hydrogen-bond donors (Lipinski definition) is 2. The molecule has 0 atom stereocenters. The Morgan fingerprint density at radius 1 is 1.32 bits per heavy atom. The van der Waals surface area contributed by atoms with E-state index in [1.807, 2.05) is 11.0 Å². The van der Waals surface area contributed by atoms with Crippen molar-refractivity contribution in [1.29, 1.82) is 5.41 Å². The first kappa shape index (κ1) is 15.1. The van der Waals surface area contributed by atoms with E-state index in [1.165, 1.54) is 0 Å². The number of benzene rings is 1. The van der Waals surface area contributed by atoms with Crippen molar-refractivity contribution >= 4 is 55.1 Å². The maximum atomic E-state index is 7.96. The van der Waals surface area contributed by atoms with Gasteiger partial charge in [0.05, 0.1) is 15.2 Å². The highest BCUT2D eigenvalue weighted by Crippen LogP contribution is 2.45. The molecule has 1 heterocycles. The van der Waals surface area contributed by atoms with Crippen molar-refractivity contribution in [3.63, 3.8) is 0 Å². The smallest absolute Gasteiger partial charge is 0.195 e. The third-order valence-electron chi connectivity index (χ3n) is 3.11. The van der Waals surface area contributed by atoms with Gasteiger partial charge in [-0.3, -0.25) is 5.41 Å². The highest BCUT2D eigenvalue weighted by molar-refractivity contribution is 9.11. The number of hydrogen-bond acceptors (Lipinski definition) is 1. The Morgan fingerprint density at radius 2 is 1.95 bits per heavy atom. The molecular weight excluding hydrogens is 393 g/mol. The van der Waals surface area contributed by atoms with E-state index in [9.17, 15) is 0 Å². The molecule has 0 saturated carbocycles. The summed E-state index contributed by atoms with van der Waals surface area (Å²) in [5.74, 6) is 0.406. The number of guanidine groups is 1. The molecule has 1 aliphatic rings. The molecule has 0 amide bonds. The first-order valence-corrected chi connectivity index (χ1v) is 7.98. The molecule has 1 aromatic carbocycles. The minimum absolute atomic E-state index is 0.0206. The summed E-state index contributed by atoms with van der Waals surface area (Å²) in [5.41, 5.74) is 2.04. The van der Waals surface area contributed by atoms with Crippen LogP contribution in [0.2, 0.25) is 5.02 Å². The molecule has 1 fully saturated rings. The lowest BCUT2D eigenvalue weighted by molar-refractivity contribution is 0.587. The fourth-order valence-corrected chi connectivity index (χ4v) is 4.20. The summed E-state index contributed by atoms with van der Waals surface area (Å²) in [6.07, 6.45) is 0. The molecule has 0 unspecified atom stereocenters. The number of anilines is 1. The third-order valence-corrected chi connectivity index (χ3v) is 5.24. The summed E-state index contributed by atoms with van der Waals surface area (Å²) >= 11 is 13.6. The molecule has 2 rings (SSSR count). The zero-order chi connectivity index (χ0) is 14.4. The van der Waals surface area contributed by atoms with Crippen LogP contribution in [0.15, 0.2) is 15.0 Å². The Morgan fingerprint density at radius 3 is 2.42 bits per heavy atom. The Labute approximate surface area is 135 Å². The minimum Gasteiger partial charge on any atom is -0.354 e. The van der Waals surface area contributed by atoms with E-state index >= 15 is 0 Å². The Hall–Kier alpha value is -0.260. The molecular formula is C13H16Br2ClN3. The van der Waals surface area contributed by atoms with Gasteiger partial charge in [-0.15, -0.1) is 0 Å². The molecule has 104 valence electrons. The van der Waals surface area contributed by atoms with Gasteiger partial charge in [0.2, 0.25) is 0 Å². The first-order chi connectivity index (χ1) is 8.73. The van der Waals surface area contributed by atoms with Gasteiger partial charge in [0.25, 0.3) is 0 Å². The summed E-state index contributed by atoms with van der Waals surface area (Å²) in [5, 5.41) is 11.7. The minimum atomic E-state index is -0.0206. The summed E-state index contributed by atoms with van der Waals surface area (Å²) in [6.45, 7) is 7.98. The number of halogens is 3. The van der Waals surface area contributed by atoms with Crippen LogP contribution in [0.4, 0.5) is 5.69 Å². The molecule has 0 bridgehead atoms. The lowest BCUT2D eigenvalue weighted by Gasteiger charge is -2.27. The van der Waals surface area contributed by atoms with E-state index < -0.39 is 0 Å². The van der Waals surface area contributed by atoms with E-state index in [2.05, 4.69) is 57.9 Å². The monoisotopic (exact) mass is 407 g/mol. The van der Waals surface area contributed by atoms with Crippen LogP contribution in [0.25, 0.3) is 0 Å². The maximum absolute atomic E-state index is 7.96. The zero-order valence-corrected chi connectivity index (χ0v) is 15.0. The van der Waals surface area contributed by atoms with Crippen LogP contribution in [0, 0.1) is 5.41 Å². The Kier molecular flexibility index (Phi) is 4.19. The molecule has 0 aliphatic carbocycles. The topological polar surface area (TPSA) is 39.1 Å². The van der Waals surface area contributed by atoms with Crippen LogP contribution in [-0.2, 0) is 5.41 Å². The van der Waals surface area contributed by atoms with Gasteiger partial charge in [0.15, 0.2) is 5.96 Å². The van der Waals surface area contributed by atoms with Crippen molar-refractivity contribution in [2.24, 2.45) is 0 Å². The van der Waals surface area contributed by atoms with Crippen LogP contribution < -0.4 is 10.2 Å². The van der Waals surface area contributed by atoms with E-state index in [-0.39, 0.29) is 5.41 Å². The largest absolute Gasteiger partial charge is 0.354 e. The number of nitrogens with one attached hydrogen (secondary N) is 2. The average Bonchev–Trinajstić information content (AvgIpc) is 2.69. The van der Waals surface area contributed by atoms with Crippen molar-refractivity contribution in [3.05, 3.63) is 25.6 Å². The maximum Gasteiger partial charge on any atom is 0.195 e. The lowest BCUT2D eigenvalue weighted by atomic mass is 9.87. The molecule has 6 heteroatoms. The van der Waals surface area contributed by atoms with E-state index in [0.717, 1.165) is 33.3 Å². The summed E-state index contributed by atoms with van der Waals surface area (Å²) < 4.78 is 1.81. The van der Waals surface area contributed by atoms with Crippen molar-refractivity contribution < 1.29 is 0 Å². The van der Waals surface area contributed by atoms with Crippen LogP contribution in [0.5, 0.6) is 0 Å². The molecule has 3 nitrogen and oxygen atoms in total. The standard InChI is InChI=1S/C13H16Br2ClN3/c1-13(2,3)7-6-8(16)10(15)11(9(7)14)19-5-4-18-12(19)17/h6H,4-5H2,1-3H3,(H2,17,18). The molecule has 1 aliphatic heterocycles. The second-order valence-electron chi connectivity index (χ2n) is 5.56. The van der Waals surface area contributed by atoms with Gasteiger partial charge in [-0.25, -0.2) is 0 Å². The lowest BCUT2D eigenvalue weighted by Crippen LogP contribution is -2.30. The molecule has 0 radical (unpaired) electrons. The Bertz CT molecular complexity index is 538. The average molecular weight is 410 g/mol. The molecule has 0 spiro atoms. The predicted molar refractivity (Wildman–Crippen MR) is 88.6 cm³/mol.